The van der Waals surface area contributed by atoms with Crippen molar-refractivity contribution >= 4 is 55.9 Å². The Bertz CT molecular complexity index is 695. The average Bonchev–Trinajstić information content (AvgIpc) is 3.13. The van der Waals surface area contributed by atoms with Crippen molar-refractivity contribution in [2.24, 2.45) is 0 Å². The van der Waals surface area contributed by atoms with Gasteiger partial charge in [-0.1, -0.05) is 39.7 Å². The van der Waals surface area contributed by atoms with E-state index in [1.165, 1.54) is 9.75 Å². The average molecular weight is 399 g/mol. The molecule has 2 aromatic heterocycles. The van der Waals surface area contributed by atoms with Crippen LogP contribution in [0.1, 0.15) is 15.8 Å². The van der Waals surface area contributed by atoms with Crippen LogP contribution in [0.4, 0.5) is 5.69 Å². The molecule has 0 bridgehead atoms. The second-order valence-corrected chi connectivity index (χ2v) is 7.95. The zero-order valence-electron chi connectivity index (χ0n) is 11.1. The largest absolute Gasteiger partial charge is 0.376 e. The summed E-state index contributed by atoms with van der Waals surface area (Å²) in [5.74, 6) is 0. The molecule has 3 rings (SSSR count). The van der Waals surface area contributed by atoms with Crippen molar-refractivity contribution in [3.8, 4) is 0 Å². The fraction of sp³-hybridized carbons (Fsp3) is 0.125. The predicted octanol–water partition coefficient (Wildman–Crippen LogP) is 6.62. The topological polar surface area (TPSA) is 12.0 Å². The van der Waals surface area contributed by atoms with Gasteiger partial charge in [0, 0.05) is 20.6 Å². The van der Waals surface area contributed by atoms with Gasteiger partial charge in [-0.25, -0.2) is 0 Å². The molecule has 0 amide bonds. The molecular weight excluding hydrogens is 386 g/mol. The summed E-state index contributed by atoms with van der Waals surface area (Å²) in [6, 6.07) is 14.7. The second kappa shape index (κ2) is 6.97. The predicted molar refractivity (Wildman–Crippen MR) is 97.9 cm³/mol. The van der Waals surface area contributed by atoms with Crippen LogP contribution in [0.5, 0.6) is 0 Å². The normalized spacial score (nSPS) is 12.3. The standard InChI is InChI=1S/C16H13BrClNS2/c17-11-5-6-14(13(18)9-11)19-15(16-4-2-8-21-16)10-12-3-1-7-20-12/h1-9,15,19H,10H2. The van der Waals surface area contributed by atoms with Crippen LogP contribution in [-0.2, 0) is 6.42 Å². The van der Waals surface area contributed by atoms with Gasteiger partial charge < -0.3 is 5.32 Å². The quantitative estimate of drug-likeness (QED) is 0.509. The minimum absolute atomic E-state index is 0.238. The first-order valence-corrected chi connectivity index (χ1v) is 9.43. The van der Waals surface area contributed by atoms with Crippen molar-refractivity contribution in [1.82, 2.24) is 0 Å². The summed E-state index contributed by atoms with van der Waals surface area (Å²) in [6.07, 6.45) is 0.963. The highest BCUT2D eigenvalue weighted by Crippen LogP contribution is 2.32. The van der Waals surface area contributed by atoms with E-state index in [9.17, 15) is 0 Å². The maximum atomic E-state index is 6.33. The van der Waals surface area contributed by atoms with E-state index in [1.807, 2.05) is 18.2 Å². The molecule has 0 saturated heterocycles. The fourth-order valence-electron chi connectivity index (χ4n) is 2.14. The lowest BCUT2D eigenvalue weighted by Crippen LogP contribution is -2.12. The Labute approximate surface area is 145 Å². The number of anilines is 1. The van der Waals surface area contributed by atoms with Gasteiger partial charge in [-0.05, 0) is 41.1 Å². The monoisotopic (exact) mass is 397 g/mol. The number of hydrogen-bond donors (Lipinski definition) is 1. The van der Waals surface area contributed by atoms with Gasteiger partial charge >= 0.3 is 0 Å². The summed E-state index contributed by atoms with van der Waals surface area (Å²) in [5.41, 5.74) is 0.967. The molecular formula is C16H13BrClNS2. The van der Waals surface area contributed by atoms with E-state index in [0.717, 1.165) is 21.6 Å². The molecule has 1 nitrogen and oxygen atoms in total. The molecule has 0 aliphatic heterocycles. The van der Waals surface area contributed by atoms with Crippen LogP contribution in [0, 0.1) is 0 Å². The summed E-state index contributed by atoms with van der Waals surface area (Å²) in [7, 11) is 0. The van der Waals surface area contributed by atoms with Crippen molar-refractivity contribution in [1.29, 1.82) is 0 Å². The lowest BCUT2D eigenvalue weighted by atomic mass is 10.1. The Kier molecular flexibility index (Phi) is 5.01. The Morgan fingerprint density at radius 1 is 1.10 bits per heavy atom. The van der Waals surface area contributed by atoms with Crippen LogP contribution >= 0.6 is 50.2 Å². The van der Waals surface area contributed by atoms with E-state index in [-0.39, 0.29) is 6.04 Å². The molecule has 0 radical (unpaired) electrons. The number of thiophene rings is 2. The lowest BCUT2D eigenvalue weighted by Gasteiger charge is -2.19. The summed E-state index contributed by atoms with van der Waals surface area (Å²) in [6.45, 7) is 0. The molecule has 1 aromatic carbocycles. The van der Waals surface area contributed by atoms with Gasteiger partial charge in [0.25, 0.3) is 0 Å². The van der Waals surface area contributed by atoms with Gasteiger partial charge in [0.2, 0.25) is 0 Å². The number of hydrogen-bond acceptors (Lipinski definition) is 3. The summed E-state index contributed by atoms with van der Waals surface area (Å²) in [4.78, 5) is 2.69. The third kappa shape index (κ3) is 3.89. The molecule has 1 unspecified atom stereocenters. The van der Waals surface area contributed by atoms with Crippen molar-refractivity contribution in [3.05, 3.63) is 72.5 Å². The van der Waals surface area contributed by atoms with Crippen LogP contribution in [0.25, 0.3) is 0 Å². The van der Waals surface area contributed by atoms with Crippen LogP contribution in [0.3, 0.4) is 0 Å². The van der Waals surface area contributed by atoms with Crippen LogP contribution in [0.15, 0.2) is 57.7 Å². The second-order valence-electron chi connectivity index (χ2n) is 4.62. The summed E-state index contributed by atoms with van der Waals surface area (Å²) in [5, 5.41) is 8.54. The molecule has 1 N–H and O–H groups in total. The van der Waals surface area contributed by atoms with E-state index in [2.05, 4.69) is 56.3 Å². The fourth-order valence-corrected chi connectivity index (χ4v) is 4.39. The first-order chi connectivity index (χ1) is 10.2. The molecule has 1 atom stereocenters. The Balaban J connectivity index is 1.85. The van der Waals surface area contributed by atoms with Gasteiger partial charge in [-0.15, -0.1) is 22.7 Å². The molecule has 21 heavy (non-hydrogen) atoms. The van der Waals surface area contributed by atoms with Crippen molar-refractivity contribution in [3.63, 3.8) is 0 Å². The molecule has 3 aromatic rings. The zero-order chi connectivity index (χ0) is 14.7. The Morgan fingerprint density at radius 2 is 1.90 bits per heavy atom. The van der Waals surface area contributed by atoms with Gasteiger partial charge in [-0.2, -0.15) is 0 Å². The third-order valence-electron chi connectivity index (χ3n) is 3.13. The highest BCUT2D eigenvalue weighted by molar-refractivity contribution is 9.10. The number of rotatable bonds is 5. The number of halogens is 2. The summed E-state index contributed by atoms with van der Waals surface area (Å²) < 4.78 is 0.990. The molecule has 0 fully saturated rings. The van der Waals surface area contributed by atoms with Crippen LogP contribution in [-0.4, -0.2) is 0 Å². The van der Waals surface area contributed by atoms with Gasteiger partial charge in [-0.3, -0.25) is 0 Å². The highest BCUT2D eigenvalue weighted by Gasteiger charge is 2.15. The Hall–Kier alpha value is -0.810. The maximum Gasteiger partial charge on any atom is 0.0655 e. The van der Waals surface area contributed by atoms with Crippen molar-refractivity contribution < 1.29 is 0 Å². The smallest absolute Gasteiger partial charge is 0.0655 e. The van der Waals surface area contributed by atoms with Crippen molar-refractivity contribution in [2.45, 2.75) is 12.5 Å². The highest BCUT2D eigenvalue weighted by atomic mass is 79.9. The SMILES string of the molecule is Clc1cc(Br)ccc1NC(Cc1cccs1)c1cccs1. The molecule has 0 spiro atoms. The minimum Gasteiger partial charge on any atom is -0.376 e. The number of nitrogens with one attached hydrogen (secondary N) is 1. The van der Waals surface area contributed by atoms with Crippen LogP contribution in [0.2, 0.25) is 5.02 Å². The lowest BCUT2D eigenvalue weighted by molar-refractivity contribution is 0.802. The first-order valence-electron chi connectivity index (χ1n) is 6.50. The zero-order valence-corrected chi connectivity index (χ0v) is 15.0. The summed E-state index contributed by atoms with van der Waals surface area (Å²) >= 11 is 13.3. The maximum absolute atomic E-state index is 6.33. The van der Waals surface area contributed by atoms with Gasteiger partial charge in [0.05, 0.1) is 16.8 Å². The van der Waals surface area contributed by atoms with Gasteiger partial charge in [0.15, 0.2) is 0 Å². The third-order valence-corrected chi connectivity index (χ3v) is 5.82. The molecule has 0 saturated carbocycles. The molecule has 0 aliphatic rings. The van der Waals surface area contributed by atoms with Gasteiger partial charge in [0.1, 0.15) is 0 Å². The number of benzene rings is 1. The molecule has 0 aliphatic carbocycles. The Morgan fingerprint density at radius 3 is 2.57 bits per heavy atom. The van der Waals surface area contributed by atoms with E-state index < -0.39 is 0 Å². The van der Waals surface area contributed by atoms with E-state index in [0.29, 0.717) is 0 Å². The molecule has 5 heteroatoms. The van der Waals surface area contributed by atoms with E-state index in [1.54, 1.807) is 22.7 Å². The van der Waals surface area contributed by atoms with Crippen LogP contribution < -0.4 is 5.32 Å². The first kappa shape index (κ1) is 15.1. The molecule has 108 valence electrons. The van der Waals surface area contributed by atoms with E-state index >= 15 is 0 Å². The molecule has 2 heterocycles. The van der Waals surface area contributed by atoms with Crippen molar-refractivity contribution in [2.75, 3.05) is 5.32 Å². The van der Waals surface area contributed by atoms with E-state index in [4.69, 9.17) is 11.6 Å². The minimum atomic E-state index is 0.238.